The molecular weight excluding hydrogens is 314 g/mol. The summed E-state index contributed by atoms with van der Waals surface area (Å²) in [4.78, 5) is 25.6. The molecule has 3 rings (SSSR count). The third kappa shape index (κ3) is 3.11. The first-order valence-corrected chi connectivity index (χ1v) is 7.97. The molecule has 3 aromatic rings. The lowest BCUT2D eigenvalue weighted by molar-refractivity contribution is -0.187. The van der Waals surface area contributed by atoms with Crippen molar-refractivity contribution >= 4 is 38.5 Å². The van der Waals surface area contributed by atoms with Gasteiger partial charge < -0.3 is 5.11 Å². The number of aromatic nitrogens is 2. The zero-order valence-corrected chi connectivity index (χ0v) is 13.9. The van der Waals surface area contributed by atoms with Gasteiger partial charge in [0.25, 0.3) is 0 Å². The number of fused-ring (bicyclic) bond motifs is 3. The van der Waals surface area contributed by atoms with Gasteiger partial charge in [0.1, 0.15) is 17.1 Å². The maximum atomic E-state index is 11.3. The molecule has 1 aromatic carbocycles. The quantitative estimate of drug-likeness (QED) is 0.733. The number of nitrogens with zero attached hydrogens (tertiary/aromatic N) is 3. The largest absolute Gasteiger partial charge is 0.463 e. The summed E-state index contributed by atoms with van der Waals surface area (Å²) in [5.41, 5.74) is 1.07. The Balaban J connectivity index is 1.89. The summed E-state index contributed by atoms with van der Waals surface area (Å²) < 4.78 is 1.03. The number of rotatable bonds is 3. The SMILES string of the molecule is CC(C)(C)N(OCc1nc2cnc3ccccc3c2s1)C(=O)O. The van der Waals surface area contributed by atoms with E-state index in [4.69, 9.17) is 4.84 Å². The zero-order chi connectivity index (χ0) is 16.6. The van der Waals surface area contributed by atoms with E-state index in [9.17, 15) is 9.90 Å². The van der Waals surface area contributed by atoms with Crippen molar-refractivity contribution in [2.45, 2.75) is 32.9 Å². The zero-order valence-electron chi connectivity index (χ0n) is 13.1. The van der Waals surface area contributed by atoms with E-state index >= 15 is 0 Å². The molecule has 7 heteroatoms. The topological polar surface area (TPSA) is 75.5 Å². The molecule has 1 amide bonds. The van der Waals surface area contributed by atoms with E-state index in [-0.39, 0.29) is 6.61 Å². The van der Waals surface area contributed by atoms with E-state index in [0.717, 1.165) is 26.2 Å². The van der Waals surface area contributed by atoms with Gasteiger partial charge in [0.05, 0.1) is 22.0 Å². The van der Waals surface area contributed by atoms with Crippen LogP contribution in [0, 0.1) is 0 Å². The highest BCUT2D eigenvalue weighted by Crippen LogP contribution is 2.29. The summed E-state index contributed by atoms with van der Waals surface area (Å²) in [6, 6.07) is 7.87. The highest BCUT2D eigenvalue weighted by atomic mass is 32.1. The second-order valence-corrected chi connectivity index (χ2v) is 7.20. The lowest BCUT2D eigenvalue weighted by Gasteiger charge is -2.31. The highest BCUT2D eigenvalue weighted by molar-refractivity contribution is 7.19. The third-order valence-corrected chi connectivity index (χ3v) is 4.35. The van der Waals surface area contributed by atoms with E-state index in [1.54, 1.807) is 27.0 Å². The highest BCUT2D eigenvalue weighted by Gasteiger charge is 2.28. The van der Waals surface area contributed by atoms with Gasteiger partial charge in [-0.25, -0.2) is 9.78 Å². The van der Waals surface area contributed by atoms with Crippen molar-refractivity contribution in [2.24, 2.45) is 0 Å². The van der Waals surface area contributed by atoms with Crippen LogP contribution < -0.4 is 0 Å². The smallest absolute Gasteiger partial charge is 0.431 e. The number of benzene rings is 1. The summed E-state index contributed by atoms with van der Waals surface area (Å²) in [5.74, 6) is 0. The molecule has 0 aliphatic rings. The van der Waals surface area contributed by atoms with Gasteiger partial charge in [-0.2, -0.15) is 5.06 Å². The number of thiazole rings is 1. The van der Waals surface area contributed by atoms with E-state index in [0.29, 0.717) is 5.01 Å². The normalized spacial score (nSPS) is 12.0. The van der Waals surface area contributed by atoms with Crippen molar-refractivity contribution in [1.82, 2.24) is 15.0 Å². The molecule has 23 heavy (non-hydrogen) atoms. The lowest BCUT2D eigenvalue weighted by Crippen LogP contribution is -2.44. The van der Waals surface area contributed by atoms with Gasteiger partial charge in [0.2, 0.25) is 0 Å². The Labute approximate surface area is 137 Å². The Bertz CT molecular complexity index is 870. The molecule has 0 bridgehead atoms. The van der Waals surface area contributed by atoms with E-state index in [1.807, 2.05) is 24.3 Å². The summed E-state index contributed by atoms with van der Waals surface area (Å²) in [6.45, 7) is 5.43. The first kappa shape index (κ1) is 15.6. The van der Waals surface area contributed by atoms with Gasteiger partial charge in [-0.3, -0.25) is 9.82 Å². The molecule has 0 aliphatic heterocycles. The van der Waals surface area contributed by atoms with Crippen molar-refractivity contribution in [3.63, 3.8) is 0 Å². The first-order valence-electron chi connectivity index (χ1n) is 7.15. The average molecular weight is 331 g/mol. The van der Waals surface area contributed by atoms with Gasteiger partial charge >= 0.3 is 6.09 Å². The molecule has 2 heterocycles. The van der Waals surface area contributed by atoms with Crippen LogP contribution in [0.15, 0.2) is 30.5 Å². The average Bonchev–Trinajstić information content (AvgIpc) is 2.89. The Morgan fingerprint density at radius 1 is 1.30 bits per heavy atom. The fourth-order valence-corrected chi connectivity index (χ4v) is 3.26. The second-order valence-electron chi connectivity index (χ2n) is 6.12. The maximum absolute atomic E-state index is 11.3. The van der Waals surface area contributed by atoms with Crippen molar-refractivity contribution in [2.75, 3.05) is 0 Å². The molecule has 0 saturated carbocycles. The van der Waals surface area contributed by atoms with Crippen LogP contribution in [0.25, 0.3) is 21.1 Å². The summed E-state index contributed by atoms with van der Waals surface area (Å²) >= 11 is 1.50. The minimum absolute atomic E-state index is 0.108. The number of hydrogen-bond acceptors (Lipinski definition) is 5. The van der Waals surface area contributed by atoms with Gasteiger partial charge in [-0.05, 0) is 26.8 Å². The molecular formula is C16H17N3O3S. The third-order valence-electron chi connectivity index (χ3n) is 3.27. The second kappa shape index (κ2) is 5.75. The molecule has 0 unspecified atom stereocenters. The minimum atomic E-state index is -1.12. The monoisotopic (exact) mass is 331 g/mol. The van der Waals surface area contributed by atoms with Gasteiger partial charge in [0, 0.05) is 5.39 Å². The van der Waals surface area contributed by atoms with Crippen molar-refractivity contribution in [1.29, 1.82) is 0 Å². The van der Waals surface area contributed by atoms with E-state index < -0.39 is 11.6 Å². The summed E-state index contributed by atoms with van der Waals surface area (Å²) in [5, 5.41) is 12.0. The fourth-order valence-electron chi connectivity index (χ4n) is 2.28. The van der Waals surface area contributed by atoms with Gasteiger partial charge in [-0.1, -0.05) is 18.2 Å². The molecule has 1 N–H and O–H groups in total. The van der Waals surface area contributed by atoms with Crippen LogP contribution >= 0.6 is 11.3 Å². The summed E-state index contributed by atoms with van der Waals surface area (Å²) in [7, 11) is 0. The standard InChI is InChI=1S/C16H17N3O3S/c1-16(2,3)19(15(20)21)22-9-13-18-12-8-17-11-7-5-4-6-10(11)14(12)23-13/h4-8H,9H2,1-3H3,(H,20,21). The molecule has 120 valence electrons. The molecule has 0 fully saturated rings. The Morgan fingerprint density at radius 2 is 2.04 bits per heavy atom. The van der Waals surface area contributed by atoms with Gasteiger partial charge in [-0.15, -0.1) is 11.3 Å². The molecule has 2 aromatic heterocycles. The van der Waals surface area contributed by atoms with Crippen LogP contribution in [0.3, 0.4) is 0 Å². The van der Waals surface area contributed by atoms with Crippen molar-refractivity contribution < 1.29 is 14.7 Å². The molecule has 0 saturated heterocycles. The summed E-state index contributed by atoms with van der Waals surface area (Å²) in [6.07, 6.45) is 0.613. The predicted molar refractivity (Wildman–Crippen MR) is 89.3 cm³/mol. The number of hydrogen-bond donors (Lipinski definition) is 1. The van der Waals surface area contributed by atoms with Crippen molar-refractivity contribution in [3.8, 4) is 0 Å². The number of carboxylic acid groups (broad SMARTS) is 1. The van der Waals surface area contributed by atoms with E-state index in [2.05, 4.69) is 9.97 Å². The Morgan fingerprint density at radius 3 is 2.74 bits per heavy atom. The number of para-hydroxylation sites is 1. The maximum Gasteiger partial charge on any atom is 0.431 e. The van der Waals surface area contributed by atoms with Crippen LogP contribution in [0.1, 0.15) is 25.8 Å². The molecule has 0 radical (unpaired) electrons. The molecule has 0 aliphatic carbocycles. The van der Waals surface area contributed by atoms with Gasteiger partial charge in [0.15, 0.2) is 0 Å². The van der Waals surface area contributed by atoms with Crippen LogP contribution in [-0.4, -0.2) is 31.8 Å². The number of carbonyl (C=O) groups is 1. The van der Waals surface area contributed by atoms with Crippen LogP contribution in [0.2, 0.25) is 0 Å². The van der Waals surface area contributed by atoms with Crippen molar-refractivity contribution in [3.05, 3.63) is 35.5 Å². The molecule has 6 nitrogen and oxygen atoms in total. The lowest BCUT2D eigenvalue weighted by atomic mass is 10.1. The predicted octanol–water partition coefficient (Wildman–Crippen LogP) is 4.05. The Hall–Kier alpha value is -2.25. The van der Waals surface area contributed by atoms with Crippen LogP contribution in [0.5, 0.6) is 0 Å². The Kier molecular flexibility index (Phi) is 3.91. The minimum Gasteiger partial charge on any atom is -0.463 e. The molecule has 0 atom stereocenters. The van der Waals surface area contributed by atoms with E-state index in [1.165, 1.54) is 11.3 Å². The first-order chi connectivity index (χ1) is 10.9. The number of hydroxylamine groups is 2. The van der Waals surface area contributed by atoms with Crippen LogP contribution in [0.4, 0.5) is 4.79 Å². The molecule has 0 spiro atoms. The number of pyridine rings is 1. The van der Waals surface area contributed by atoms with Crippen LogP contribution in [-0.2, 0) is 11.4 Å². The number of amides is 1. The fraction of sp³-hybridized carbons (Fsp3) is 0.312.